The van der Waals surface area contributed by atoms with Crippen molar-refractivity contribution in [3.05, 3.63) is 0 Å². The molecule has 48 valence electrons. The Morgan fingerprint density at radius 3 is 1.88 bits per heavy atom. The molecule has 1 nitrogen and oxygen atoms in total. The van der Waals surface area contributed by atoms with Gasteiger partial charge in [-0.2, -0.15) is 0 Å². The van der Waals surface area contributed by atoms with Crippen LogP contribution in [0.15, 0.2) is 0 Å². The van der Waals surface area contributed by atoms with Gasteiger partial charge in [0.15, 0.2) is 0 Å². The van der Waals surface area contributed by atoms with Gasteiger partial charge < -0.3 is 5.32 Å². The molecule has 1 N–H and O–H groups in total. The van der Waals surface area contributed by atoms with E-state index in [9.17, 15) is 0 Å². The number of rotatable bonds is 2. The highest BCUT2D eigenvalue weighted by atomic mass is 15.0. The molecule has 0 aliphatic heterocycles. The Kier molecular flexibility index (Phi) is 1.57. The standard InChI is InChI=1S/C7H15N/c1-4-8-7-5(2)6(7)3/h5-8H,4H2,1-3H3/t5-,6+,7?. The molecule has 1 heteroatoms. The molecule has 0 heterocycles. The van der Waals surface area contributed by atoms with Gasteiger partial charge in [0.25, 0.3) is 0 Å². The minimum absolute atomic E-state index is 0.833. The van der Waals surface area contributed by atoms with Gasteiger partial charge in [-0.15, -0.1) is 0 Å². The van der Waals surface area contributed by atoms with E-state index >= 15 is 0 Å². The van der Waals surface area contributed by atoms with Crippen molar-refractivity contribution in [2.24, 2.45) is 11.8 Å². The molecule has 8 heavy (non-hydrogen) atoms. The Morgan fingerprint density at radius 2 is 1.75 bits per heavy atom. The van der Waals surface area contributed by atoms with Crippen molar-refractivity contribution in [1.82, 2.24) is 5.32 Å². The zero-order chi connectivity index (χ0) is 6.15. The van der Waals surface area contributed by atoms with Crippen LogP contribution in [0.1, 0.15) is 20.8 Å². The third kappa shape index (κ3) is 0.873. The first-order valence-electron chi connectivity index (χ1n) is 3.50. The summed E-state index contributed by atoms with van der Waals surface area (Å²) in [6.45, 7) is 7.90. The van der Waals surface area contributed by atoms with Crippen molar-refractivity contribution in [3.63, 3.8) is 0 Å². The highest BCUT2D eigenvalue weighted by Crippen LogP contribution is 2.37. The minimum atomic E-state index is 0.833. The van der Waals surface area contributed by atoms with Crippen molar-refractivity contribution >= 4 is 0 Å². The molecule has 0 amide bonds. The molecule has 1 unspecified atom stereocenters. The molecule has 1 saturated carbocycles. The summed E-state index contributed by atoms with van der Waals surface area (Å²) in [5.74, 6) is 1.85. The van der Waals surface area contributed by atoms with Crippen molar-refractivity contribution in [3.8, 4) is 0 Å². The molecular formula is C7H15N. The van der Waals surface area contributed by atoms with E-state index in [1.54, 1.807) is 0 Å². The fourth-order valence-corrected chi connectivity index (χ4v) is 1.27. The summed E-state index contributed by atoms with van der Waals surface area (Å²) in [6, 6.07) is 0.833. The van der Waals surface area contributed by atoms with Crippen LogP contribution in [0.5, 0.6) is 0 Å². The second-order valence-corrected chi connectivity index (χ2v) is 2.80. The second-order valence-electron chi connectivity index (χ2n) is 2.80. The lowest BCUT2D eigenvalue weighted by Gasteiger charge is -1.93. The molecular weight excluding hydrogens is 98.1 g/mol. The summed E-state index contributed by atoms with van der Waals surface area (Å²) < 4.78 is 0. The predicted octanol–water partition coefficient (Wildman–Crippen LogP) is 1.25. The lowest BCUT2D eigenvalue weighted by molar-refractivity contribution is 0.667. The Hall–Kier alpha value is -0.0400. The maximum absolute atomic E-state index is 3.42. The van der Waals surface area contributed by atoms with Crippen LogP contribution in [-0.2, 0) is 0 Å². The largest absolute Gasteiger partial charge is 0.314 e. The molecule has 1 aliphatic rings. The topological polar surface area (TPSA) is 12.0 Å². The van der Waals surface area contributed by atoms with Gasteiger partial charge >= 0.3 is 0 Å². The first-order chi connectivity index (χ1) is 3.77. The predicted molar refractivity (Wildman–Crippen MR) is 35.8 cm³/mol. The maximum atomic E-state index is 3.42. The van der Waals surface area contributed by atoms with Gasteiger partial charge in [-0.25, -0.2) is 0 Å². The summed E-state index contributed by atoms with van der Waals surface area (Å²) in [6.07, 6.45) is 0. The van der Waals surface area contributed by atoms with E-state index in [-0.39, 0.29) is 0 Å². The van der Waals surface area contributed by atoms with Crippen molar-refractivity contribution in [1.29, 1.82) is 0 Å². The SMILES string of the molecule is CCNC1[C@@H](C)[C@H]1C. The van der Waals surface area contributed by atoms with Gasteiger partial charge in [0.2, 0.25) is 0 Å². The Bertz CT molecular complexity index is 72.5. The van der Waals surface area contributed by atoms with Crippen LogP contribution in [-0.4, -0.2) is 12.6 Å². The molecule has 3 atom stereocenters. The van der Waals surface area contributed by atoms with Crippen LogP contribution in [0.2, 0.25) is 0 Å². The van der Waals surface area contributed by atoms with Gasteiger partial charge in [0.1, 0.15) is 0 Å². The first kappa shape index (κ1) is 6.09. The zero-order valence-electron chi connectivity index (χ0n) is 5.94. The zero-order valence-corrected chi connectivity index (χ0v) is 5.94. The van der Waals surface area contributed by atoms with Crippen LogP contribution in [0.3, 0.4) is 0 Å². The normalized spacial score (nSPS) is 44.6. The second kappa shape index (κ2) is 2.06. The average molecular weight is 113 g/mol. The minimum Gasteiger partial charge on any atom is -0.314 e. The first-order valence-corrected chi connectivity index (χ1v) is 3.50. The molecule has 0 aromatic carbocycles. The molecule has 0 radical (unpaired) electrons. The van der Waals surface area contributed by atoms with Gasteiger partial charge in [-0.05, 0) is 18.4 Å². The summed E-state index contributed by atoms with van der Waals surface area (Å²) in [7, 11) is 0. The smallest absolute Gasteiger partial charge is 0.0124 e. The van der Waals surface area contributed by atoms with E-state index in [1.165, 1.54) is 0 Å². The van der Waals surface area contributed by atoms with E-state index in [1.807, 2.05) is 0 Å². The van der Waals surface area contributed by atoms with E-state index < -0.39 is 0 Å². The molecule has 0 saturated heterocycles. The Labute approximate surface area is 51.5 Å². The van der Waals surface area contributed by atoms with E-state index in [4.69, 9.17) is 0 Å². The Morgan fingerprint density at radius 1 is 1.25 bits per heavy atom. The summed E-state index contributed by atoms with van der Waals surface area (Å²) in [5, 5.41) is 3.42. The fourth-order valence-electron chi connectivity index (χ4n) is 1.27. The molecule has 0 spiro atoms. The third-order valence-corrected chi connectivity index (χ3v) is 2.26. The lowest BCUT2D eigenvalue weighted by atomic mass is 10.4. The van der Waals surface area contributed by atoms with Crippen molar-refractivity contribution < 1.29 is 0 Å². The number of nitrogens with one attached hydrogen (secondary N) is 1. The molecule has 0 bridgehead atoms. The summed E-state index contributed by atoms with van der Waals surface area (Å²) in [4.78, 5) is 0. The third-order valence-electron chi connectivity index (χ3n) is 2.26. The molecule has 0 aromatic heterocycles. The molecule has 1 aliphatic carbocycles. The van der Waals surface area contributed by atoms with Gasteiger partial charge in [-0.3, -0.25) is 0 Å². The van der Waals surface area contributed by atoms with E-state index in [2.05, 4.69) is 26.1 Å². The van der Waals surface area contributed by atoms with Crippen LogP contribution >= 0.6 is 0 Å². The van der Waals surface area contributed by atoms with Gasteiger partial charge in [0, 0.05) is 6.04 Å². The van der Waals surface area contributed by atoms with Gasteiger partial charge in [0.05, 0.1) is 0 Å². The maximum Gasteiger partial charge on any atom is 0.0124 e. The average Bonchev–Trinajstić information content (AvgIpc) is 2.25. The van der Waals surface area contributed by atoms with Crippen LogP contribution < -0.4 is 5.32 Å². The van der Waals surface area contributed by atoms with Gasteiger partial charge in [-0.1, -0.05) is 20.8 Å². The van der Waals surface area contributed by atoms with Crippen LogP contribution in [0, 0.1) is 11.8 Å². The molecule has 1 fully saturated rings. The van der Waals surface area contributed by atoms with Crippen LogP contribution in [0.4, 0.5) is 0 Å². The number of hydrogen-bond acceptors (Lipinski definition) is 1. The van der Waals surface area contributed by atoms with Crippen molar-refractivity contribution in [2.75, 3.05) is 6.54 Å². The quantitative estimate of drug-likeness (QED) is 0.568. The fraction of sp³-hybridized carbons (Fsp3) is 1.00. The molecule has 1 rings (SSSR count). The Balaban J connectivity index is 2.13. The number of hydrogen-bond donors (Lipinski definition) is 1. The lowest BCUT2D eigenvalue weighted by Crippen LogP contribution is -2.17. The van der Waals surface area contributed by atoms with Crippen molar-refractivity contribution in [2.45, 2.75) is 26.8 Å². The van der Waals surface area contributed by atoms with E-state index in [0.717, 1.165) is 24.4 Å². The van der Waals surface area contributed by atoms with E-state index in [0.29, 0.717) is 0 Å². The summed E-state index contributed by atoms with van der Waals surface area (Å²) in [5.41, 5.74) is 0. The summed E-state index contributed by atoms with van der Waals surface area (Å²) >= 11 is 0. The van der Waals surface area contributed by atoms with Crippen LogP contribution in [0.25, 0.3) is 0 Å². The molecule has 0 aromatic rings. The highest BCUT2D eigenvalue weighted by molar-refractivity contribution is 4.96. The monoisotopic (exact) mass is 113 g/mol. The highest BCUT2D eigenvalue weighted by Gasteiger charge is 2.41.